The highest BCUT2D eigenvalue weighted by Gasteiger charge is 2.30. The van der Waals surface area contributed by atoms with Crippen LogP contribution in [0.5, 0.6) is 17.2 Å². The molecule has 2 rings (SSSR count). The van der Waals surface area contributed by atoms with E-state index in [0.29, 0.717) is 28.5 Å². The molecule has 0 fully saturated rings. The van der Waals surface area contributed by atoms with Gasteiger partial charge in [0.2, 0.25) is 15.9 Å². The fourth-order valence-corrected chi connectivity index (χ4v) is 4.31. The van der Waals surface area contributed by atoms with Gasteiger partial charge < -0.3 is 19.5 Å². The number of anilines is 1. The van der Waals surface area contributed by atoms with E-state index < -0.39 is 28.0 Å². The lowest BCUT2D eigenvalue weighted by Gasteiger charge is -2.29. The van der Waals surface area contributed by atoms with Gasteiger partial charge in [-0.2, -0.15) is 0 Å². The van der Waals surface area contributed by atoms with E-state index >= 15 is 0 Å². The molecule has 0 heterocycles. The van der Waals surface area contributed by atoms with E-state index in [4.69, 9.17) is 14.2 Å². The van der Waals surface area contributed by atoms with Crippen molar-refractivity contribution in [1.29, 1.82) is 0 Å². The normalized spacial score (nSPS) is 13.1. The third-order valence-corrected chi connectivity index (χ3v) is 5.90. The minimum absolute atomic E-state index is 0.339. The highest BCUT2D eigenvalue weighted by atomic mass is 32.2. The van der Waals surface area contributed by atoms with Crippen LogP contribution < -0.4 is 23.8 Å². The minimum atomic E-state index is -3.74. The third-order valence-electron chi connectivity index (χ3n) is 4.66. The second kappa shape index (κ2) is 9.71. The molecule has 1 N–H and O–H groups in total. The number of rotatable bonds is 9. The second-order valence-electron chi connectivity index (χ2n) is 6.77. The van der Waals surface area contributed by atoms with Crippen LogP contribution in [0.3, 0.4) is 0 Å². The Labute approximate surface area is 177 Å². The summed E-state index contributed by atoms with van der Waals surface area (Å²) in [5.41, 5.74) is 1.05. The summed E-state index contributed by atoms with van der Waals surface area (Å²) in [6, 6.07) is 10.4. The molecule has 0 aliphatic heterocycles. The summed E-state index contributed by atoms with van der Waals surface area (Å²) in [5.74, 6) is 1.24. The number of hydrogen-bond acceptors (Lipinski definition) is 6. The Morgan fingerprint density at radius 3 is 2.17 bits per heavy atom. The highest BCUT2D eigenvalue weighted by molar-refractivity contribution is 7.92. The van der Waals surface area contributed by atoms with E-state index in [1.54, 1.807) is 56.5 Å². The Balaban J connectivity index is 2.32. The predicted octanol–water partition coefficient (Wildman–Crippen LogP) is 2.74. The van der Waals surface area contributed by atoms with Gasteiger partial charge in [0.1, 0.15) is 23.3 Å². The zero-order valence-electron chi connectivity index (χ0n) is 18.0. The molecule has 0 saturated heterocycles. The molecule has 0 bridgehead atoms. The van der Waals surface area contributed by atoms with Crippen LogP contribution in [0.15, 0.2) is 42.5 Å². The maximum absolute atomic E-state index is 13.0. The molecule has 0 radical (unpaired) electrons. The van der Waals surface area contributed by atoms with Crippen LogP contribution in [-0.2, 0) is 14.8 Å². The molecule has 0 aliphatic carbocycles. The van der Waals surface area contributed by atoms with Crippen LogP contribution in [-0.4, -0.2) is 48.0 Å². The summed E-state index contributed by atoms with van der Waals surface area (Å²) in [5, 5.41) is 2.86. The van der Waals surface area contributed by atoms with Crippen LogP contribution in [0.1, 0.15) is 25.5 Å². The van der Waals surface area contributed by atoms with Crippen molar-refractivity contribution < 1.29 is 27.4 Å². The molecule has 9 heteroatoms. The first kappa shape index (κ1) is 23.3. The first-order chi connectivity index (χ1) is 14.1. The molecular weight excluding hydrogens is 408 g/mol. The smallest absolute Gasteiger partial charge is 0.244 e. The van der Waals surface area contributed by atoms with Gasteiger partial charge in [-0.25, -0.2) is 8.42 Å². The fourth-order valence-electron chi connectivity index (χ4n) is 3.15. The summed E-state index contributed by atoms with van der Waals surface area (Å²) < 4.78 is 41.9. The maximum atomic E-state index is 13.0. The summed E-state index contributed by atoms with van der Waals surface area (Å²) in [6.45, 7) is 3.32. The molecule has 0 spiro atoms. The largest absolute Gasteiger partial charge is 0.497 e. The van der Waals surface area contributed by atoms with Gasteiger partial charge in [-0.1, -0.05) is 6.07 Å². The van der Waals surface area contributed by atoms with Gasteiger partial charge in [-0.3, -0.25) is 9.10 Å². The lowest BCUT2D eigenvalue weighted by molar-refractivity contribution is -0.122. The van der Waals surface area contributed by atoms with Gasteiger partial charge in [0.25, 0.3) is 0 Å². The Morgan fingerprint density at radius 1 is 0.967 bits per heavy atom. The zero-order valence-corrected chi connectivity index (χ0v) is 18.8. The van der Waals surface area contributed by atoms with Gasteiger partial charge >= 0.3 is 0 Å². The van der Waals surface area contributed by atoms with Crippen molar-refractivity contribution in [3.05, 3.63) is 48.0 Å². The SMILES string of the molecule is COc1cccc(N(C(C)C(=O)NC(C)c2cc(OC)ccc2OC)S(C)(=O)=O)c1. The zero-order chi connectivity index (χ0) is 22.5. The Bertz CT molecular complexity index is 993. The molecule has 2 unspecified atom stereocenters. The molecule has 2 aromatic rings. The van der Waals surface area contributed by atoms with Gasteiger partial charge in [-0.15, -0.1) is 0 Å². The van der Waals surface area contributed by atoms with Gasteiger partial charge in [0, 0.05) is 11.6 Å². The van der Waals surface area contributed by atoms with Crippen molar-refractivity contribution in [3.63, 3.8) is 0 Å². The molecule has 8 nitrogen and oxygen atoms in total. The number of carbonyl (C=O) groups excluding carboxylic acids is 1. The lowest BCUT2D eigenvalue weighted by atomic mass is 10.1. The number of nitrogens with zero attached hydrogens (tertiary/aromatic N) is 1. The van der Waals surface area contributed by atoms with Gasteiger partial charge in [0.05, 0.1) is 39.3 Å². The molecule has 164 valence electrons. The minimum Gasteiger partial charge on any atom is -0.497 e. The number of ether oxygens (including phenoxy) is 3. The first-order valence-electron chi connectivity index (χ1n) is 9.28. The van der Waals surface area contributed by atoms with Crippen LogP contribution in [0.25, 0.3) is 0 Å². The van der Waals surface area contributed by atoms with Crippen molar-refractivity contribution in [3.8, 4) is 17.2 Å². The summed E-state index contributed by atoms with van der Waals surface area (Å²) in [4.78, 5) is 13.0. The third kappa shape index (κ3) is 5.35. The highest BCUT2D eigenvalue weighted by Crippen LogP contribution is 2.30. The molecule has 0 aliphatic rings. The van der Waals surface area contributed by atoms with Crippen molar-refractivity contribution in [2.75, 3.05) is 31.9 Å². The monoisotopic (exact) mass is 436 g/mol. The Kier molecular flexibility index (Phi) is 7.55. The van der Waals surface area contributed by atoms with Crippen LogP contribution >= 0.6 is 0 Å². The number of benzene rings is 2. The average Bonchev–Trinajstić information content (AvgIpc) is 2.72. The molecule has 2 aromatic carbocycles. The fraction of sp³-hybridized carbons (Fsp3) is 0.381. The van der Waals surface area contributed by atoms with Gasteiger partial charge in [0.15, 0.2) is 0 Å². The Morgan fingerprint density at radius 2 is 1.60 bits per heavy atom. The van der Waals surface area contributed by atoms with Crippen molar-refractivity contribution in [2.24, 2.45) is 0 Å². The molecule has 2 atom stereocenters. The van der Waals surface area contributed by atoms with E-state index in [1.165, 1.54) is 21.1 Å². The van der Waals surface area contributed by atoms with E-state index in [-0.39, 0.29) is 0 Å². The van der Waals surface area contributed by atoms with E-state index in [9.17, 15) is 13.2 Å². The van der Waals surface area contributed by atoms with Gasteiger partial charge in [-0.05, 0) is 44.2 Å². The quantitative estimate of drug-likeness (QED) is 0.650. The summed E-state index contributed by atoms with van der Waals surface area (Å²) in [6.07, 6.45) is 1.06. The van der Waals surface area contributed by atoms with E-state index in [0.717, 1.165) is 10.6 Å². The average molecular weight is 437 g/mol. The van der Waals surface area contributed by atoms with Crippen LogP contribution in [0.4, 0.5) is 5.69 Å². The van der Waals surface area contributed by atoms with Crippen molar-refractivity contribution in [2.45, 2.75) is 25.9 Å². The number of nitrogens with one attached hydrogen (secondary N) is 1. The van der Waals surface area contributed by atoms with Crippen molar-refractivity contribution in [1.82, 2.24) is 5.32 Å². The standard InChI is InChI=1S/C21H28N2O6S/c1-14(19-13-18(28-4)10-11-20(19)29-5)22-21(24)15(2)23(30(6,25)26)16-8-7-9-17(12-16)27-3/h7-15H,1-6H3,(H,22,24). The lowest BCUT2D eigenvalue weighted by Crippen LogP contribution is -2.48. The number of amides is 1. The Hall–Kier alpha value is -2.94. The number of carbonyl (C=O) groups is 1. The molecule has 30 heavy (non-hydrogen) atoms. The summed E-state index contributed by atoms with van der Waals surface area (Å²) >= 11 is 0. The summed E-state index contributed by atoms with van der Waals surface area (Å²) in [7, 11) is 0.839. The van der Waals surface area contributed by atoms with Crippen molar-refractivity contribution >= 4 is 21.6 Å². The van der Waals surface area contributed by atoms with Crippen LogP contribution in [0.2, 0.25) is 0 Å². The molecule has 0 saturated carbocycles. The second-order valence-corrected chi connectivity index (χ2v) is 8.63. The molecule has 1 amide bonds. The number of sulfonamides is 1. The number of methoxy groups -OCH3 is 3. The topological polar surface area (TPSA) is 94.2 Å². The predicted molar refractivity (Wildman–Crippen MR) is 116 cm³/mol. The van der Waals surface area contributed by atoms with Crippen LogP contribution in [0, 0.1) is 0 Å². The number of hydrogen-bond donors (Lipinski definition) is 1. The van der Waals surface area contributed by atoms with E-state index in [1.807, 2.05) is 0 Å². The molecule has 0 aromatic heterocycles. The maximum Gasteiger partial charge on any atom is 0.244 e. The van der Waals surface area contributed by atoms with E-state index in [2.05, 4.69) is 5.32 Å². The first-order valence-corrected chi connectivity index (χ1v) is 11.1. The molecular formula is C21H28N2O6S.